The number of aromatic nitrogens is 2. The second-order valence-corrected chi connectivity index (χ2v) is 13.7. The number of halogens is 2. The zero-order valence-corrected chi connectivity index (χ0v) is 26.2. The maximum absolute atomic E-state index is 13.3. The van der Waals surface area contributed by atoms with Crippen molar-refractivity contribution < 1.29 is 23.5 Å². The number of benzene rings is 1. The van der Waals surface area contributed by atoms with Crippen LogP contribution in [-0.2, 0) is 17.9 Å². The van der Waals surface area contributed by atoms with E-state index in [1.54, 1.807) is 11.0 Å². The summed E-state index contributed by atoms with van der Waals surface area (Å²) in [6, 6.07) is 10.4. The van der Waals surface area contributed by atoms with Gasteiger partial charge < -0.3 is 14.6 Å². The van der Waals surface area contributed by atoms with Gasteiger partial charge in [-0.2, -0.15) is 5.26 Å². The first kappa shape index (κ1) is 31.8. The molecule has 1 unspecified atom stereocenters. The highest BCUT2D eigenvalue weighted by Gasteiger charge is 2.37. The van der Waals surface area contributed by atoms with Gasteiger partial charge in [0.1, 0.15) is 11.6 Å². The van der Waals surface area contributed by atoms with E-state index in [2.05, 4.69) is 16.3 Å². The molecule has 234 valence electrons. The lowest BCUT2D eigenvalue weighted by molar-refractivity contribution is -0.127. The first-order valence-corrected chi connectivity index (χ1v) is 15.7. The lowest BCUT2D eigenvalue weighted by Gasteiger charge is -2.45. The number of nitrogens with zero attached hydrogens (tertiary/aromatic N) is 5. The van der Waals surface area contributed by atoms with Crippen LogP contribution in [0.3, 0.4) is 0 Å². The lowest BCUT2D eigenvalue weighted by atomic mass is 9.84. The molecule has 4 heterocycles. The van der Waals surface area contributed by atoms with E-state index in [1.165, 1.54) is 12.1 Å². The number of hydrogen-bond donors (Lipinski definition) is 2. The molecule has 5 rings (SSSR count). The fraction of sp³-hybridized carbons (Fsp3) is 0.500. The molecule has 0 saturated carbocycles. The Morgan fingerprint density at radius 1 is 1.25 bits per heavy atom. The van der Waals surface area contributed by atoms with Crippen LogP contribution in [0.15, 0.2) is 42.0 Å². The Morgan fingerprint density at radius 2 is 2.00 bits per heavy atom. The number of nitrogens with one attached hydrogen (secondary N) is 1. The fourth-order valence-corrected chi connectivity index (χ4v) is 6.62. The topological polar surface area (TPSA) is 114 Å². The van der Waals surface area contributed by atoms with Gasteiger partial charge in [0.05, 0.1) is 32.4 Å². The van der Waals surface area contributed by atoms with Gasteiger partial charge in [-0.3, -0.25) is 19.8 Å². The highest BCUT2D eigenvalue weighted by Crippen LogP contribution is 2.32. The molecule has 44 heavy (non-hydrogen) atoms. The second kappa shape index (κ2) is 12.8. The number of fused-ring (bicyclic) bond motifs is 1. The van der Waals surface area contributed by atoms with Crippen LogP contribution in [0, 0.1) is 23.2 Å². The van der Waals surface area contributed by atoms with E-state index in [0.29, 0.717) is 25.2 Å². The zero-order chi connectivity index (χ0) is 31.8. The van der Waals surface area contributed by atoms with E-state index in [9.17, 15) is 28.7 Å². The van der Waals surface area contributed by atoms with Crippen molar-refractivity contribution in [2.75, 3.05) is 25.0 Å². The molecule has 3 aromatic rings. The molecule has 2 aliphatic heterocycles. The van der Waals surface area contributed by atoms with Crippen LogP contribution in [0.25, 0.3) is 11.0 Å². The van der Waals surface area contributed by atoms with E-state index in [4.69, 9.17) is 4.98 Å². The van der Waals surface area contributed by atoms with Crippen molar-refractivity contribution in [3.8, 4) is 6.07 Å². The van der Waals surface area contributed by atoms with Gasteiger partial charge in [0.25, 0.3) is 18.2 Å². The van der Waals surface area contributed by atoms with Crippen LogP contribution in [0.5, 0.6) is 0 Å². The molecule has 1 aromatic carbocycles. The molecule has 2 saturated heterocycles. The predicted molar refractivity (Wildman–Crippen MR) is 165 cm³/mol. The molecule has 9 nitrogen and oxygen atoms in total. The average Bonchev–Trinajstić information content (AvgIpc) is 3.67. The molecule has 2 aliphatic rings. The van der Waals surface area contributed by atoms with Crippen LogP contribution >= 0.6 is 11.3 Å². The number of hydrogen-bond acceptors (Lipinski definition) is 7. The molecule has 1 atom stereocenters. The molecule has 0 aliphatic carbocycles. The summed E-state index contributed by atoms with van der Waals surface area (Å²) < 4.78 is 28.2. The number of aliphatic hydroxyl groups is 1. The van der Waals surface area contributed by atoms with Crippen LogP contribution in [0.1, 0.15) is 67.1 Å². The zero-order valence-electron chi connectivity index (χ0n) is 25.4. The number of nitriles is 1. The van der Waals surface area contributed by atoms with E-state index < -0.39 is 17.9 Å². The molecule has 12 heteroatoms. The van der Waals surface area contributed by atoms with Gasteiger partial charge in [-0.25, -0.2) is 13.8 Å². The lowest BCUT2D eigenvalue weighted by Crippen LogP contribution is -2.55. The highest BCUT2D eigenvalue weighted by atomic mass is 32.1. The minimum atomic E-state index is -2.66. The summed E-state index contributed by atoms with van der Waals surface area (Å²) >= 11 is 0.737. The summed E-state index contributed by atoms with van der Waals surface area (Å²) in [6.45, 7) is 10.6. The van der Waals surface area contributed by atoms with Gasteiger partial charge in [-0.1, -0.05) is 26.0 Å². The third-order valence-corrected chi connectivity index (χ3v) is 9.44. The van der Waals surface area contributed by atoms with Crippen molar-refractivity contribution in [1.82, 2.24) is 19.4 Å². The number of carbonyl (C=O) groups excluding carboxylic acids is 2. The van der Waals surface area contributed by atoms with Crippen LogP contribution in [0.2, 0.25) is 0 Å². The summed E-state index contributed by atoms with van der Waals surface area (Å²) in [4.78, 5) is 35.2. The number of carbonyl (C=O) groups is 2. The normalized spacial score (nSPS) is 18.3. The first-order chi connectivity index (χ1) is 20.8. The molecule has 2 amide bonds. The Hall–Kier alpha value is -3.66. The standard InChI is InChI=1S/C32H38F2N6O3S/c1-19(2)12-21(14-35)30(42)39-11-5-6-23(39)18-40-25-8-7-20(15-38-16-22(17-38)32(3,4)43)13-24(25)36-31(40)37-29(41)27-10-9-26(44-27)28(33)34/h7-10,12-13,19,22-23,28,43H,5-6,11,15-18H2,1-4H3,(H,36,37,41). The number of likely N-dealkylation sites (tertiary alicyclic amines) is 2. The molecule has 0 bridgehead atoms. The average molecular weight is 625 g/mol. The summed E-state index contributed by atoms with van der Waals surface area (Å²) in [5.74, 6) is -0.328. The quantitative estimate of drug-likeness (QED) is 0.225. The highest BCUT2D eigenvalue weighted by molar-refractivity contribution is 7.14. The van der Waals surface area contributed by atoms with Crippen LogP contribution in [0.4, 0.5) is 14.7 Å². The number of alkyl halides is 2. The van der Waals surface area contributed by atoms with Crippen molar-refractivity contribution in [2.24, 2.45) is 11.8 Å². The van der Waals surface area contributed by atoms with Gasteiger partial charge >= 0.3 is 0 Å². The first-order valence-electron chi connectivity index (χ1n) is 14.9. The Morgan fingerprint density at radius 3 is 2.64 bits per heavy atom. The number of amides is 2. The minimum absolute atomic E-state index is 0.0448. The van der Waals surface area contributed by atoms with Gasteiger partial charge in [-0.15, -0.1) is 11.3 Å². The van der Waals surface area contributed by atoms with E-state index in [1.807, 2.05) is 50.5 Å². The predicted octanol–water partition coefficient (Wildman–Crippen LogP) is 5.59. The maximum atomic E-state index is 13.3. The van der Waals surface area contributed by atoms with Crippen LogP contribution < -0.4 is 5.32 Å². The summed E-state index contributed by atoms with van der Waals surface area (Å²) in [7, 11) is 0. The van der Waals surface area contributed by atoms with Crippen molar-refractivity contribution in [3.63, 3.8) is 0 Å². The Bertz CT molecular complexity index is 1610. The largest absolute Gasteiger partial charge is 0.390 e. The fourth-order valence-electron chi connectivity index (χ4n) is 5.86. The third kappa shape index (κ3) is 6.85. The smallest absolute Gasteiger partial charge is 0.272 e. The van der Waals surface area contributed by atoms with E-state index in [0.717, 1.165) is 48.3 Å². The van der Waals surface area contributed by atoms with Crippen molar-refractivity contribution in [2.45, 2.75) is 71.7 Å². The van der Waals surface area contributed by atoms with Crippen molar-refractivity contribution in [3.05, 3.63) is 57.3 Å². The summed E-state index contributed by atoms with van der Waals surface area (Å²) in [5.41, 5.74) is 1.85. The van der Waals surface area contributed by atoms with Gasteiger partial charge in [0.15, 0.2) is 0 Å². The number of imidazole rings is 1. The number of allylic oxidation sites excluding steroid dienone is 1. The molecular formula is C32H38F2N6O3S. The molecular weight excluding hydrogens is 586 g/mol. The van der Waals surface area contributed by atoms with Gasteiger partial charge in [0, 0.05) is 38.6 Å². The second-order valence-electron chi connectivity index (χ2n) is 12.6. The maximum Gasteiger partial charge on any atom is 0.272 e. The molecule has 2 N–H and O–H groups in total. The SMILES string of the molecule is CC(C)C=C(C#N)C(=O)N1CCCC1Cn1c(NC(=O)c2ccc(C(F)F)s2)nc2cc(CN3CC(C(C)(C)O)C3)ccc21. The van der Waals surface area contributed by atoms with Crippen molar-refractivity contribution in [1.29, 1.82) is 5.26 Å². The number of rotatable bonds is 10. The van der Waals surface area contributed by atoms with Gasteiger partial charge in [-0.05, 0) is 62.4 Å². The minimum Gasteiger partial charge on any atom is -0.390 e. The van der Waals surface area contributed by atoms with Gasteiger partial charge in [0.2, 0.25) is 5.95 Å². The Balaban J connectivity index is 1.43. The van der Waals surface area contributed by atoms with Crippen LogP contribution in [-0.4, -0.2) is 67.5 Å². The number of thiophene rings is 1. The molecule has 2 fully saturated rings. The molecule has 2 aromatic heterocycles. The Kier molecular flexibility index (Phi) is 9.20. The summed E-state index contributed by atoms with van der Waals surface area (Å²) in [5, 5.41) is 22.8. The van der Waals surface area contributed by atoms with Crippen molar-refractivity contribution >= 4 is 40.1 Å². The third-order valence-electron chi connectivity index (χ3n) is 8.35. The van der Waals surface area contributed by atoms with E-state index in [-0.39, 0.29) is 45.1 Å². The monoisotopic (exact) mass is 624 g/mol. The number of anilines is 1. The van der Waals surface area contributed by atoms with E-state index >= 15 is 0 Å². The molecule has 0 spiro atoms. The molecule has 0 radical (unpaired) electrons. The Labute approximate surface area is 259 Å². The summed E-state index contributed by atoms with van der Waals surface area (Å²) in [6.07, 6.45) is 0.511.